The summed E-state index contributed by atoms with van der Waals surface area (Å²) >= 11 is 7.51. The second-order valence-electron chi connectivity index (χ2n) is 5.61. The Balaban J connectivity index is 1.82. The molecule has 3 aromatic rings. The van der Waals surface area contributed by atoms with Crippen molar-refractivity contribution in [2.24, 2.45) is 5.73 Å². The largest absolute Gasteiger partial charge is 0.364 e. The zero-order chi connectivity index (χ0) is 20.3. The number of thioether (sulfide) groups is 1. The first-order valence-electron chi connectivity index (χ1n) is 7.97. The van der Waals surface area contributed by atoms with Gasteiger partial charge in [-0.15, -0.1) is 0 Å². The Kier molecular flexibility index (Phi) is 6.07. The lowest BCUT2D eigenvalue weighted by Gasteiger charge is -2.08. The summed E-state index contributed by atoms with van der Waals surface area (Å²) in [6.45, 7) is 1.69. The number of nitrogens with one attached hydrogen (secondary N) is 2. The predicted molar refractivity (Wildman–Crippen MR) is 112 cm³/mol. The molecule has 0 aliphatic carbocycles. The van der Waals surface area contributed by atoms with E-state index in [-0.39, 0.29) is 27.9 Å². The molecule has 0 saturated carbocycles. The van der Waals surface area contributed by atoms with Gasteiger partial charge < -0.3 is 16.0 Å². The van der Waals surface area contributed by atoms with Gasteiger partial charge in [0.1, 0.15) is 10.7 Å². The van der Waals surface area contributed by atoms with Crippen LogP contribution in [0.2, 0.25) is 0 Å². The number of aryl methyl sites for hydroxylation is 1. The Morgan fingerprint density at radius 1 is 1.36 bits per heavy atom. The number of benzene rings is 1. The van der Waals surface area contributed by atoms with E-state index in [1.54, 1.807) is 19.1 Å². The average molecular weight is 434 g/mol. The first-order valence-corrected chi connectivity index (χ1v) is 10.2. The minimum atomic E-state index is -0.705. The summed E-state index contributed by atoms with van der Waals surface area (Å²) in [6.07, 6.45) is 0. The summed E-state index contributed by atoms with van der Waals surface area (Å²) < 4.78 is 1.91. The lowest BCUT2D eigenvalue weighted by molar-refractivity contribution is -0.113. The molecule has 2 aromatic heterocycles. The van der Waals surface area contributed by atoms with E-state index in [4.69, 9.17) is 18.0 Å². The molecule has 3 rings (SSSR count). The molecular formula is C17H15N5O3S3. The molecule has 0 saturated heterocycles. The van der Waals surface area contributed by atoms with Crippen LogP contribution >= 0.6 is 35.3 Å². The number of nitrogens with zero attached hydrogens (tertiary/aromatic N) is 2. The molecule has 4 N–H and O–H groups in total. The molecule has 2 heterocycles. The van der Waals surface area contributed by atoms with E-state index in [1.807, 2.05) is 18.2 Å². The number of aromatic amines is 1. The average Bonchev–Trinajstić information content (AvgIpc) is 2.96. The van der Waals surface area contributed by atoms with Gasteiger partial charge in [-0.3, -0.25) is 19.0 Å². The van der Waals surface area contributed by atoms with Crippen molar-refractivity contribution < 1.29 is 9.59 Å². The third-order valence-corrected chi connectivity index (χ3v) is 5.66. The molecule has 0 aliphatic heterocycles. The summed E-state index contributed by atoms with van der Waals surface area (Å²) in [6, 6.07) is 10.4. The van der Waals surface area contributed by atoms with Gasteiger partial charge in [0.15, 0.2) is 9.11 Å². The predicted octanol–water partition coefficient (Wildman–Crippen LogP) is 2.49. The van der Waals surface area contributed by atoms with Gasteiger partial charge in [0.2, 0.25) is 5.91 Å². The van der Waals surface area contributed by atoms with Crippen LogP contribution in [0.3, 0.4) is 0 Å². The molecule has 8 nitrogen and oxygen atoms in total. The van der Waals surface area contributed by atoms with Crippen LogP contribution in [0.25, 0.3) is 5.69 Å². The van der Waals surface area contributed by atoms with Crippen molar-refractivity contribution >= 4 is 52.1 Å². The van der Waals surface area contributed by atoms with Gasteiger partial charge in [-0.1, -0.05) is 41.3 Å². The quantitative estimate of drug-likeness (QED) is 0.312. The van der Waals surface area contributed by atoms with Gasteiger partial charge in [0, 0.05) is 17.4 Å². The number of aromatic nitrogens is 3. The maximum Gasteiger partial charge on any atom is 0.268 e. The van der Waals surface area contributed by atoms with Gasteiger partial charge in [-0.25, -0.2) is 4.98 Å². The van der Waals surface area contributed by atoms with Gasteiger partial charge in [0.25, 0.3) is 11.5 Å². The number of primary amides is 1. The highest BCUT2D eigenvalue weighted by atomic mass is 32.2. The molecule has 0 unspecified atom stereocenters. The van der Waals surface area contributed by atoms with Gasteiger partial charge in [-0.2, -0.15) is 0 Å². The van der Waals surface area contributed by atoms with Crippen LogP contribution < -0.4 is 16.6 Å². The third-order valence-electron chi connectivity index (χ3n) is 3.50. The Hall–Kier alpha value is -2.76. The number of amides is 2. The Labute approximate surface area is 172 Å². The molecule has 11 heteroatoms. The molecule has 144 valence electrons. The van der Waals surface area contributed by atoms with Crippen molar-refractivity contribution in [2.75, 3.05) is 11.1 Å². The van der Waals surface area contributed by atoms with Crippen molar-refractivity contribution in [2.45, 2.75) is 12.1 Å². The van der Waals surface area contributed by atoms with E-state index in [1.165, 1.54) is 10.6 Å². The highest BCUT2D eigenvalue weighted by Gasteiger charge is 2.20. The number of para-hydroxylation sites is 1. The fraction of sp³-hybridized carbons (Fsp3) is 0.118. The zero-order valence-corrected chi connectivity index (χ0v) is 17.0. The van der Waals surface area contributed by atoms with Crippen molar-refractivity contribution in [3.05, 3.63) is 62.1 Å². The minimum Gasteiger partial charge on any atom is -0.364 e. The van der Waals surface area contributed by atoms with E-state index in [0.717, 1.165) is 23.1 Å². The number of nitrogens with two attached hydrogens (primary N) is 1. The summed E-state index contributed by atoms with van der Waals surface area (Å²) in [5.74, 6) is -1.10. The number of anilines is 1. The number of hydrogen-bond donors (Lipinski definition) is 3. The van der Waals surface area contributed by atoms with Crippen LogP contribution in [0.1, 0.15) is 16.2 Å². The van der Waals surface area contributed by atoms with Crippen molar-refractivity contribution in [3.8, 4) is 5.69 Å². The van der Waals surface area contributed by atoms with Gasteiger partial charge >= 0.3 is 0 Å². The lowest BCUT2D eigenvalue weighted by atomic mass is 10.3. The Morgan fingerprint density at radius 3 is 2.71 bits per heavy atom. The van der Waals surface area contributed by atoms with Crippen LogP contribution in [-0.4, -0.2) is 32.1 Å². The molecule has 0 radical (unpaired) electrons. The fourth-order valence-electron chi connectivity index (χ4n) is 2.41. The van der Waals surface area contributed by atoms with Crippen molar-refractivity contribution in [1.82, 2.24) is 14.5 Å². The highest BCUT2D eigenvalue weighted by Crippen LogP contribution is 2.29. The molecule has 0 atom stereocenters. The topological polar surface area (TPSA) is 123 Å². The fourth-order valence-corrected chi connectivity index (χ4v) is 4.49. The summed E-state index contributed by atoms with van der Waals surface area (Å²) in [5.41, 5.74) is 6.59. The van der Waals surface area contributed by atoms with Crippen molar-refractivity contribution in [1.29, 1.82) is 0 Å². The maximum absolute atomic E-state index is 12.3. The maximum atomic E-state index is 12.3. The van der Waals surface area contributed by atoms with Crippen LogP contribution in [0, 0.1) is 10.9 Å². The van der Waals surface area contributed by atoms with Crippen molar-refractivity contribution in [3.63, 3.8) is 0 Å². The minimum absolute atomic E-state index is 0.0133. The SMILES string of the molecule is Cc1cc(=O)[nH]c(SCC(=O)Nc2sc(=S)n(-c3ccccc3)c2C(N)=O)n1. The number of H-pyrrole nitrogens is 1. The van der Waals surface area contributed by atoms with Crippen LogP contribution in [0.15, 0.2) is 46.3 Å². The normalized spacial score (nSPS) is 10.6. The van der Waals surface area contributed by atoms with E-state index < -0.39 is 5.91 Å². The monoisotopic (exact) mass is 433 g/mol. The number of thiazole rings is 1. The molecule has 1 aromatic carbocycles. The zero-order valence-electron chi connectivity index (χ0n) is 14.6. The standard InChI is InChI=1S/C17H15N5O3S3/c1-9-7-11(23)21-16(19-9)27-8-12(24)20-15-13(14(18)25)22(17(26)28-15)10-5-3-2-4-6-10/h2-7H,8H2,1H3,(H2,18,25)(H,20,24)(H,19,21,23). The van der Waals surface area contributed by atoms with Crippen LogP contribution in [-0.2, 0) is 4.79 Å². The number of carbonyl (C=O) groups is 2. The summed E-state index contributed by atoms with van der Waals surface area (Å²) in [4.78, 5) is 42.5. The third kappa shape index (κ3) is 4.55. The first-order chi connectivity index (χ1) is 13.3. The number of rotatable bonds is 6. The second kappa shape index (κ2) is 8.50. The van der Waals surface area contributed by atoms with Gasteiger partial charge in [-0.05, 0) is 31.3 Å². The molecule has 0 aliphatic rings. The molecule has 28 heavy (non-hydrogen) atoms. The van der Waals surface area contributed by atoms with E-state index in [2.05, 4.69) is 15.3 Å². The molecule has 2 amide bonds. The molecule has 0 bridgehead atoms. The summed E-state index contributed by atoms with van der Waals surface area (Å²) in [7, 11) is 0. The molecule has 0 fully saturated rings. The van der Waals surface area contributed by atoms with Gasteiger partial charge in [0.05, 0.1) is 5.75 Å². The molecule has 0 spiro atoms. The number of carbonyl (C=O) groups excluding carboxylic acids is 2. The highest BCUT2D eigenvalue weighted by molar-refractivity contribution is 7.99. The lowest BCUT2D eigenvalue weighted by Crippen LogP contribution is -2.21. The Morgan fingerprint density at radius 2 is 2.07 bits per heavy atom. The first kappa shape index (κ1) is 20.0. The van der Waals surface area contributed by atoms with E-state index in [9.17, 15) is 14.4 Å². The smallest absolute Gasteiger partial charge is 0.268 e. The second-order valence-corrected chi connectivity index (χ2v) is 8.22. The molecular weight excluding hydrogens is 418 g/mol. The Bertz CT molecular complexity index is 1150. The number of hydrogen-bond acceptors (Lipinski definition) is 7. The van der Waals surface area contributed by atoms with E-state index in [0.29, 0.717) is 20.5 Å². The van der Waals surface area contributed by atoms with Crippen LogP contribution in [0.5, 0.6) is 0 Å². The summed E-state index contributed by atoms with van der Waals surface area (Å²) in [5, 5.41) is 3.29. The van der Waals surface area contributed by atoms with E-state index >= 15 is 0 Å². The van der Waals surface area contributed by atoms with Crippen LogP contribution in [0.4, 0.5) is 5.00 Å².